The van der Waals surface area contributed by atoms with E-state index < -0.39 is 0 Å². The number of para-hydroxylation sites is 2. The van der Waals surface area contributed by atoms with E-state index in [9.17, 15) is 10.2 Å². The second kappa shape index (κ2) is 8.91. The first-order valence-corrected chi connectivity index (χ1v) is 6.81. The van der Waals surface area contributed by atoms with Crippen molar-refractivity contribution in [3.05, 3.63) is 73.1 Å². The number of phenolic OH excluding ortho intramolecular Hbond substituents is 2. The molecule has 0 aliphatic heterocycles. The van der Waals surface area contributed by atoms with Gasteiger partial charge in [0.15, 0.2) is 0 Å². The van der Waals surface area contributed by atoms with Gasteiger partial charge in [0.25, 0.3) is 0 Å². The molecule has 0 fully saturated rings. The molecule has 6 heteroatoms. The van der Waals surface area contributed by atoms with Crippen molar-refractivity contribution >= 4 is 21.8 Å². The van der Waals surface area contributed by atoms with Crippen LogP contribution in [-0.4, -0.2) is 25.7 Å². The summed E-state index contributed by atoms with van der Waals surface area (Å²) in [5.74, 6) is 0.478. The van der Waals surface area contributed by atoms with Crippen LogP contribution in [-0.2, 0) is 19.5 Å². The van der Waals surface area contributed by atoms with Gasteiger partial charge in [-0.1, -0.05) is 36.4 Å². The minimum atomic E-state index is 0. The van der Waals surface area contributed by atoms with Crippen molar-refractivity contribution in [2.75, 3.05) is 0 Å². The number of rotatable bonds is 0. The fraction of sp³-hybridized carbons (Fsp3) is 0. The van der Waals surface area contributed by atoms with Crippen LogP contribution in [0, 0.1) is 0 Å². The van der Waals surface area contributed by atoms with E-state index in [1.165, 1.54) is 0 Å². The van der Waals surface area contributed by atoms with E-state index in [4.69, 9.17) is 0 Å². The molecule has 2 aromatic heterocycles. The molecule has 0 radical (unpaired) electrons. The predicted molar refractivity (Wildman–Crippen MR) is 90.4 cm³/mol. The van der Waals surface area contributed by atoms with Gasteiger partial charge in [-0.25, -0.2) is 0 Å². The van der Waals surface area contributed by atoms with E-state index in [0.717, 1.165) is 10.8 Å². The summed E-state index contributed by atoms with van der Waals surface area (Å²) in [7, 11) is 0. The number of aromatic hydroxyl groups is 2. The standard InChI is InChI=1S/2C9H7NO.H2O.Zn/c2*11-8-5-1-3-7-4-2-6-10-9(7)8;;/h2*1-6,11H;1H2;. The maximum atomic E-state index is 9.31. The predicted octanol–water partition coefficient (Wildman–Crippen LogP) is 3.05. The fourth-order valence-electron chi connectivity index (χ4n) is 2.18. The van der Waals surface area contributed by atoms with Gasteiger partial charge in [0, 0.05) is 42.6 Å². The Kier molecular flexibility index (Phi) is 7.24. The van der Waals surface area contributed by atoms with Gasteiger partial charge < -0.3 is 15.7 Å². The van der Waals surface area contributed by atoms with Crippen LogP contribution in [0.4, 0.5) is 0 Å². The van der Waals surface area contributed by atoms with Gasteiger partial charge in [-0.2, -0.15) is 0 Å². The van der Waals surface area contributed by atoms with Crippen molar-refractivity contribution in [2.24, 2.45) is 0 Å². The molecule has 24 heavy (non-hydrogen) atoms. The minimum Gasteiger partial charge on any atom is -0.506 e. The maximum absolute atomic E-state index is 9.31. The van der Waals surface area contributed by atoms with E-state index >= 15 is 0 Å². The van der Waals surface area contributed by atoms with E-state index in [0.29, 0.717) is 11.0 Å². The summed E-state index contributed by atoms with van der Waals surface area (Å²) in [4.78, 5) is 8.06. The third-order valence-corrected chi connectivity index (χ3v) is 3.22. The summed E-state index contributed by atoms with van der Waals surface area (Å²) in [6.07, 6.45) is 3.34. The van der Waals surface area contributed by atoms with E-state index in [1.54, 1.807) is 36.7 Å². The monoisotopic (exact) mass is 372 g/mol. The van der Waals surface area contributed by atoms with Gasteiger partial charge in [-0.15, -0.1) is 0 Å². The molecule has 0 saturated carbocycles. The number of aromatic nitrogens is 2. The summed E-state index contributed by atoms with van der Waals surface area (Å²) >= 11 is 0. The van der Waals surface area contributed by atoms with Gasteiger partial charge in [0.05, 0.1) is 0 Å². The molecule has 4 aromatic rings. The number of hydrogen-bond acceptors (Lipinski definition) is 4. The van der Waals surface area contributed by atoms with Crippen molar-refractivity contribution in [3.8, 4) is 11.5 Å². The van der Waals surface area contributed by atoms with Gasteiger partial charge in [0.1, 0.15) is 22.5 Å². The average molecular weight is 374 g/mol. The molecule has 4 rings (SSSR count). The van der Waals surface area contributed by atoms with E-state index in [1.807, 2.05) is 36.4 Å². The van der Waals surface area contributed by atoms with Crippen LogP contribution in [0.2, 0.25) is 0 Å². The number of benzene rings is 2. The fourth-order valence-corrected chi connectivity index (χ4v) is 2.18. The van der Waals surface area contributed by atoms with E-state index in [-0.39, 0.29) is 36.5 Å². The first-order valence-electron chi connectivity index (χ1n) is 6.81. The van der Waals surface area contributed by atoms with Crippen LogP contribution in [0.15, 0.2) is 73.1 Å². The Hall–Kier alpha value is -2.56. The number of phenols is 2. The second-order valence-electron chi connectivity index (χ2n) is 4.70. The normalized spacial score (nSPS) is 9.33. The largest absolute Gasteiger partial charge is 0.506 e. The second-order valence-corrected chi connectivity index (χ2v) is 4.70. The molecule has 0 aliphatic carbocycles. The first kappa shape index (κ1) is 19.5. The third-order valence-electron chi connectivity index (χ3n) is 3.22. The molecule has 0 bridgehead atoms. The third kappa shape index (κ3) is 4.25. The number of hydrogen-bond donors (Lipinski definition) is 2. The van der Waals surface area contributed by atoms with Crippen LogP contribution in [0.3, 0.4) is 0 Å². The molecule has 0 aliphatic rings. The van der Waals surface area contributed by atoms with Gasteiger partial charge in [-0.3, -0.25) is 9.97 Å². The van der Waals surface area contributed by atoms with Crippen LogP contribution >= 0.6 is 0 Å². The Bertz CT molecular complexity index is 844. The molecule has 0 amide bonds. The Labute approximate surface area is 151 Å². The van der Waals surface area contributed by atoms with Crippen LogP contribution in [0.25, 0.3) is 21.8 Å². The van der Waals surface area contributed by atoms with Crippen LogP contribution < -0.4 is 0 Å². The molecule has 5 nitrogen and oxygen atoms in total. The maximum Gasteiger partial charge on any atom is 0.141 e. The van der Waals surface area contributed by atoms with Crippen LogP contribution in [0.5, 0.6) is 11.5 Å². The summed E-state index contributed by atoms with van der Waals surface area (Å²) < 4.78 is 0. The first-order chi connectivity index (χ1) is 10.8. The molecule has 0 unspecified atom stereocenters. The summed E-state index contributed by atoms with van der Waals surface area (Å²) in [6, 6.07) is 18.3. The van der Waals surface area contributed by atoms with E-state index in [2.05, 4.69) is 9.97 Å². The summed E-state index contributed by atoms with van der Waals surface area (Å²) in [5, 5.41) is 20.5. The van der Waals surface area contributed by atoms with Crippen molar-refractivity contribution in [3.63, 3.8) is 0 Å². The quantitative estimate of drug-likeness (QED) is 0.463. The zero-order valence-electron chi connectivity index (χ0n) is 12.9. The Morgan fingerprint density at radius 1 is 0.583 bits per heavy atom. The summed E-state index contributed by atoms with van der Waals surface area (Å²) in [5.41, 5.74) is 1.32. The molecular formula is C18H16N2O3Zn. The number of pyridine rings is 2. The summed E-state index contributed by atoms with van der Waals surface area (Å²) in [6.45, 7) is 0. The van der Waals surface area contributed by atoms with Crippen molar-refractivity contribution < 1.29 is 35.2 Å². The topological polar surface area (TPSA) is 97.7 Å². The SMILES string of the molecule is O.Oc1cccc2cccnc12.Oc1cccc2cccnc12.[Zn]. The average Bonchev–Trinajstić information content (AvgIpc) is 2.57. The Balaban J connectivity index is 0.000000222. The number of fused-ring (bicyclic) bond motifs is 2. The zero-order valence-corrected chi connectivity index (χ0v) is 15.9. The molecule has 2 heterocycles. The molecular weight excluding hydrogens is 358 g/mol. The van der Waals surface area contributed by atoms with Gasteiger partial charge in [0.2, 0.25) is 0 Å². The molecule has 2 aromatic carbocycles. The van der Waals surface area contributed by atoms with Crippen molar-refractivity contribution in [2.45, 2.75) is 0 Å². The zero-order chi connectivity index (χ0) is 15.4. The minimum absolute atomic E-state index is 0. The van der Waals surface area contributed by atoms with Crippen molar-refractivity contribution in [1.82, 2.24) is 9.97 Å². The molecule has 4 N–H and O–H groups in total. The molecule has 118 valence electrons. The molecule has 0 spiro atoms. The Morgan fingerprint density at radius 2 is 0.958 bits per heavy atom. The van der Waals surface area contributed by atoms with Crippen molar-refractivity contribution in [1.29, 1.82) is 0 Å². The van der Waals surface area contributed by atoms with Crippen LogP contribution in [0.1, 0.15) is 0 Å². The molecule has 0 atom stereocenters. The molecule has 0 saturated heterocycles. The number of nitrogens with zero attached hydrogens (tertiary/aromatic N) is 2. The Morgan fingerprint density at radius 3 is 1.33 bits per heavy atom. The smallest absolute Gasteiger partial charge is 0.141 e. The van der Waals surface area contributed by atoms with Gasteiger partial charge >= 0.3 is 0 Å². The van der Waals surface area contributed by atoms with Gasteiger partial charge in [-0.05, 0) is 24.3 Å².